The summed E-state index contributed by atoms with van der Waals surface area (Å²) < 4.78 is 50.5. The monoisotopic (exact) mass is 794 g/mol. The first-order valence-corrected chi connectivity index (χ1v) is 17.4. The van der Waals surface area contributed by atoms with Gasteiger partial charge in [-0.3, -0.25) is 14.4 Å². The summed E-state index contributed by atoms with van der Waals surface area (Å²) in [5, 5.41) is 84.8. The normalized spacial score (nSPS) is 34.8. The van der Waals surface area contributed by atoms with Crippen LogP contribution in [-0.4, -0.2) is 145 Å². The molecular weight excluding hydrogens is 752 g/mol. The van der Waals surface area contributed by atoms with Crippen LogP contribution < -0.4 is 14.9 Å². The lowest BCUT2D eigenvalue weighted by Crippen LogP contribution is -2.63. The maximum atomic E-state index is 14.2. The molecule has 0 saturated carbocycles. The molecule has 3 aromatic rings. The van der Waals surface area contributed by atoms with Crippen molar-refractivity contribution in [3.05, 3.63) is 46.6 Å². The first-order valence-electron chi connectivity index (χ1n) is 17.4. The lowest BCUT2D eigenvalue weighted by molar-refractivity contribution is -0.336. The van der Waals surface area contributed by atoms with Crippen LogP contribution in [0.4, 0.5) is 0 Å². The summed E-state index contributed by atoms with van der Waals surface area (Å²) in [5.41, 5.74) is -1.10. The Morgan fingerprint density at radius 1 is 0.714 bits per heavy atom. The van der Waals surface area contributed by atoms with Crippen molar-refractivity contribution in [1.29, 1.82) is 0 Å². The van der Waals surface area contributed by atoms with Crippen LogP contribution in [0.25, 0.3) is 22.3 Å². The van der Waals surface area contributed by atoms with E-state index in [-0.39, 0.29) is 28.4 Å². The summed E-state index contributed by atoms with van der Waals surface area (Å²) in [6.45, 7) is 4.60. The minimum atomic E-state index is -1.93. The highest BCUT2D eigenvalue weighted by atomic mass is 16.7. The Bertz CT molecular complexity index is 1950. The van der Waals surface area contributed by atoms with Gasteiger partial charge in [-0.2, -0.15) is 0 Å². The molecule has 20 nitrogen and oxygen atoms in total. The summed E-state index contributed by atoms with van der Waals surface area (Å²) in [5.74, 6) is -3.48. The standard InChI is InChI=1S/C36H42O20/c1-12-23(41)26(44)27(45)35(49-12)53-18-9-19(40)22-20(10-18)54-30(16-5-7-17(39)8-6-16)33(25(22)43)56-36-29(47)32(24(42)13(2)50-36)55-34-28(46)31(52-15(4)38)21(11-48-34)51-14(3)37/h5-10,12-13,21,23-24,26-29,31-32,34-36,39-42,44-47H,11H2,1-4H3. The van der Waals surface area contributed by atoms with Crippen molar-refractivity contribution >= 4 is 22.9 Å². The van der Waals surface area contributed by atoms with Gasteiger partial charge in [0.1, 0.15) is 70.9 Å². The lowest BCUT2D eigenvalue weighted by Gasteiger charge is -2.44. The van der Waals surface area contributed by atoms with Gasteiger partial charge >= 0.3 is 11.9 Å². The highest BCUT2D eigenvalue weighted by molar-refractivity contribution is 5.88. The minimum Gasteiger partial charge on any atom is -0.508 e. The molecule has 0 radical (unpaired) electrons. The van der Waals surface area contributed by atoms with E-state index in [2.05, 4.69) is 0 Å². The van der Waals surface area contributed by atoms with Crippen molar-refractivity contribution in [1.82, 2.24) is 0 Å². The van der Waals surface area contributed by atoms with Gasteiger partial charge in [0.2, 0.25) is 23.8 Å². The average Bonchev–Trinajstić information content (AvgIpc) is 3.13. The Balaban J connectivity index is 1.32. The van der Waals surface area contributed by atoms with Crippen LogP contribution in [-0.2, 0) is 38.0 Å². The fourth-order valence-electron chi connectivity index (χ4n) is 6.54. The number of aromatic hydroxyl groups is 2. The number of carbonyl (C=O) groups is 2. The van der Waals surface area contributed by atoms with Gasteiger partial charge in [0, 0.05) is 31.5 Å². The number of phenolic OH excluding ortho intramolecular Hbond substituents is 2. The maximum absolute atomic E-state index is 14.2. The third kappa shape index (κ3) is 8.25. The summed E-state index contributed by atoms with van der Waals surface area (Å²) in [4.78, 5) is 37.6. The molecule has 0 spiro atoms. The second-order valence-corrected chi connectivity index (χ2v) is 13.6. The van der Waals surface area contributed by atoms with Gasteiger partial charge in [0.05, 0.1) is 18.8 Å². The van der Waals surface area contributed by atoms with Gasteiger partial charge in [0.25, 0.3) is 0 Å². The predicted octanol–water partition coefficient (Wildman–Crippen LogP) is -1.11. The summed E-state index contributed by atoms with van der Waals surface area (Å²) in [6.07, 6.45) is -21.4. The Morgan fingerprint density at radius 3 is 1.96 bits per heavy atom. The van der Waals surface area contributed by atoms with E-state index in [9.17, 15) is 55.2 Å². The molecule has 3 aliphatic rings. The van der Waals surface area contributed by atoms with Crippen LogP contribution in [0.1, 0.15) is 27.7 Å². The van der Waals surface area contributed by atoms with E-state index in [0.29, 0.717) is 0 Å². The van der Waals surface area contributed by atoms with Gasteiger partial charge < -0.3 is 83.2 Å². The van der Waals surface area contributed by atoms with Gasteiger partial charge in [-0.25, -0.2) is 0 Å². The van der Waals surface area contributed by atoms with E-state index in [1.165, 1.54) is 44.2 Å². The van der Waals surface area contributed by atoms with E-state index < -0.39 is 127 Å². The number of fused-ring (bicyclic) bond motifs is 1. The number of benzene rings is 2. The Kier molecular flexibility index (Phi) is 12.1. The van der Waals surface area contributed by atoms with Gasteiger partial charge in [0.15, 0.2) is 24.3 Å². The first-order chi connectivity index (χ1) is 26.4. The lowest BCUT2D eigenvalue weighted by atomic mass is 9.98. The van der Waals surface area contributed by atoms with E-state index in [4.69, 9.17) is 42.3 Å². The first kappa shape index (κ1) is 41.0. The molecule has 3 aliphatic heterocycles. The van der Waals surface area contributed by atoms with Crippen molar-refractivity contribution in [3.63, 3.8) is 0 Å². The van der Waals surface area contributed by atoms with E-state index >= 15 is 0 Å². The molecule has 0 bridgehead atoms. The fourth-order valence-corrected chi connectivity index (χ4v) is 6.54. The van der Waals surface area contributed by atoms with Crippen LogP contribution in [0, 0.1) is 0 Å². The molecule has 56 heavy (non-hydrogen) atoms. The number of hydrogen-bond donors (Lipinski definition) is 8. The maximum Gasteiger partial charge on any atom is 0.303 e. The largest absolute Gasteiger partial charge is 0.508 e. The summed E-state index contributed by atoms with van der Waals surface area (Å²) >= 11 is 0. The van der Waals surface area contributed by atoms with Gasteiger partial charge in [-0.15, -0.1) is 0 Å². The van der Waals surface area contributed by atoms with Crippen LogP contribution in [0.2, 0.25) is 0 Å². The highest BCUT2D eigenvalue weighted by Crippen LogP contribution is 2.39. The number of rotatable bonds is 9. The zero-order chi connectivity index (χ0) is 40.7. The Labute approximate surface area is 316 Å². The average molecular weight is 795 g/mol. The molecule has 2 aromatic carbocycles. The number of aliphatic hydroxyl groups is 6. The molecule has 8 N–H and O–H groups in total. The van der Waals surface area contributed by atoms with Gasteiger partial charge in [-0.1, -0.05) is 0 Å². The third-order valence-corrected chi connectivity index (χ3v) is 9.43. The number of phenols is 2. The number of aliphatic hydroxyl groups excluding tert-OH is 6. The second-order valence-electron chi connectivity index (χ2n) is 13.6. The van der Waals surface area contributed by atoms with Crippen molar-refractivity contribution in [2.45, 2.75) is 114 Å². The SMILES string of the molecule is CC(=O)OC1COC(OC2C(O)C(C)OC(Oc3c(-c4ccc(O)cc4)oc4cc(OC5OC(C)C(O)C(O)C5O)cc(O)c4c3=O)C2O)C(O)C1OC(C)=O. The van der Waals surface area contributed by atoms with Crippen molar-refractivity contribution in [2.75, 3.05) is 6.61 Å². The molecule has 3 saturated heterocycles. The number of esters is 2. The highest BCUT2D eigenvalue weighted by Gasteiger charge is 2.51. The zero-order valence-corrected chi connectivity index (χ0v) is 30.2. The molecule has 14 unspecified atom stereocenters. The predicted molar refractivity (Wildman–Crippen MR) is 183 cm³/mol. The van der Waals surface area contributed by atoms with E-state index in [1.54, 1.807) is 0 Å². The molecule has 14 atom stereocenters. The third-order valence-electron chi connectivity index (χ3n) is 9.43. The molecule has 306 valence electrons. The molecule has 20 heteroatoms. The molecule has 4 heterocycles. The Morgan fingerprint density at radius 2 is 1.32 bits per heavy atom. The van der Waals surface area contributed by atoms with Crippen molar-refractivity contribution < 1.29 is 92.8 Å². The molecule has 1 aromatic heterocycles. The number of carbonyl (C=O) groups excluding carboxylic acids is 2. The number of ether oxygens (including phenoxy) is 8. The second kappa shape index (κ2) is 16.5. The fraction of sp³-hybridized carbons (Fsp3) is 0.528. The van der Waals surface area contributed by atoms with E-state index in [0.717, 1.165) is 19.9 Å². The van der Waals surface area contributed by atoms with Crippen LogP contribution >= 0.6 is 0 Å². The van der Waals surface area contributed by atoms with Crippen molar-refractivity contribution in [3.8, 4) is 34.3 Å². The number of hydrogen-bond acceptors (Lipinski definition) is 20. The molecule has 0 amide bonds. The van der Waals surface area contributed by atoms with Crippen LogP contribution in [0.5, 0.6) is 23.0 Å². The zero-order valence-electron chi connectivity index (χ0n) is 30.2. The van der Waals surface area contributed by atoms with Crippen LogP contribution in [0.15, 0.2) is 45.6 Å². The van der Waals surface area contributed by atoms with Gasteiger partial charge in [-0.05, 0) is 38.1 Å². The smallest absolute Gasteiger partial charge is 0.303 e. The quantitative estimate of drug-likeness (QED) is 0.119. The van der Waals surface area contributed by atoms with E-state index in [1.807, 2.05) is 0 Å². The summed E-state index contributed by atoms with van der Waals surface area (Å²) in [7, 11) is 0. The molecular formula is C36H42O20. The van der Waals surface area contributed by atoms with Crippen molar-refractivity contribution in [2.24, 2.45) is 0 Å². The van der Waals surface area contributed by atoms with Crippen LogP contribution in [0.3, 0.4) is 0 Å². The Hall–Kier alpha value is -4.61. The molecule has 6 rings (SSSR count). The minimum absolute atomic E-state index is 0.142. The summed E-state index contributed by atoms with van der Waals surface area (Å²) in [6, 6.07) is 7.48. The topological polar surface area (TPSA) is 300 Å². The molecule has 0 aliphatic carbocycles. The molecule has 3 fully saturated rings.